The molecule has 1 aliphatic carbocycles. The lowest BCUT2D eigenvalue weighted by atomic mass is 10.0. The van der Waals surface area contributed by atoms with Crippen molar-refractivity contribution in [1.29, 1.82) is 0 Å². The average molecular weight is 223 g/mol. The molecule has 80 valence electrons. The van der Waals surface area contributed by atoms with E-state index in [0.717, 1.165) is 19.5 Å². The van der Waals surface area contributed by atoms with Crippen LogP contribution in [0.25, 0.3) is 0 Å². The van der Waals surface area contributed by atoms with Gasteiger partial charge in [-0.15, -0.1) is 0 Å². The van der Waals surface area contributed by atoms with Gasteiger partial charge >= 0.3 is 0 Å². The highest BCUT2D eigenvalue weighted by molar-refractivity contribution is 8.03. The highest BCUT2D eigenvalue weighted by Gasteiger charge is 2.41. The van der Waals surface area contributed by atoms with Crippen molar-refractivity contribution in [3.05, 3.63) is 22.6 Å². The molecule has 5 heteroatoms. The molecule has 2 fully saturated rings. The van der Waals surface area contributed by atoms with E-state index in [4.69, 9.17) is 5.73 Å². The first-order valence-electron chi connectivity index (χ1n) is 5.13. The number of fused-ring (bicyclic) bond motifs is 3. The normalized spacial score (nSPS) is 34.4. The minimum Gasteiger partial charge on any atom is -0.366 e. The van der Waals surface area contributed by atoms with E-state index in [9.17, 15) is 4.79 Å². The highest BCUT2D eigenvalue weighted by atomic mass is 32.2. The Bertz CT molecular complexity index is 377. The topological polar surface area (TPSA) is 58.4 Å². The lowest BCUT2D eigenvalue weighted by Gasteiger charge is -2.23. The van der Waals surface area contributed by atoms with Crippen molar-refractivity contribution in [2.45, 2.75) is 18.0 Å². The zero-order valence-electron chi connectivity index (χ0n) is 8.27. The van der Waals surface area contributed by atoms with Gasteiger partial charge in [-0.3, -0.25) is 15.0 Å². The summed E-state index contributed by atoms with van der Waals surface area (Å²) in [5.41, 5.74) is 6.34. The SMILES string of the molecule is NC(=O)C1=CCC2C(=C1)SC1NCCN12. The van der Waals surface area contributed by atoms with E-state index in [1.54, 1.807) is 0 Å². The zero-order chi connectivity index (χ0) is 10.4. The summed E-state index contributed by atoms with van der Waals surface area (Å²) < 4.78 is 0. The fourth-order valence-corrected chi connectivity index (χ4v) is 3.79. The molecule has 2 saturated heterocycles. The maximum atomic E-state index is 11.1. The van der Waals surface area contributed by atoms with Gasteiger partial charge in [0, 0.05) is 29.6 Å². The summed E-state index contributed by atoms with van der Waals surface area (Å²) in [6, 6.07) is 0.470. The Morgan fingerprint density at radius 3 is 3.33 bits per heavy atom. The third-order valence-corrected chi connectivity index (χ3v) is 4.43. The van der Waals surface area contributed by atoms with Crippen LogP contribution in [-0.4, -0.2) is 35.4 Å². The van der Waals surface area contributed by atoms with Gasteiger partial charge in [-0.2, -0.15) is 0 Å². The number of nitrogens with two attached hydrogens (primary N) is 1. The van der Waals surface area contributed by atoms with Gasteiger partial charge < -0.3 is 5.73 Å². The van der Waals surface area contributed by atoms with Gasteiger partial charge in [-0.25, -0.2) is 0 Å². The maximum absolute atomic E-state index is 11.1. The summed E-state index contributed by atoms with van der Waals surface area (Å²) in [6.45, 7) is 2.16. The van der Waals surface area contributed by atoms with E-state index in [1.807, 2.05) is 23.9 Å². The van der Waals surface area contributed by atoms with Gasteiger partial charge in [-0.1, -0.05) is 17.8 Å². The second kappa shape index (κ2) is 3.37. The number of carbonyl (C=O) groups excluding carboxylic acids is 1. The largest absolute Gasteiger partial charge is 0.366 e. The van der Waals surface area contributed by atoms with Crippen molar-refractivity contribution in [2.75, 3.05) is 13.1 Å². The second-order valence-corrected chi connectivity index (χ2v) is 5.14. The molecule has 4 nitrogen and oxygen atoms in total. The first-order chi connectivity index (χ1) is 7.25. The number of carbonyl (C=O) groups is 1. The molecular weight excluding hydrogens is 210 g/mol. The Morgan fingerprint density at radius 2 is 2.53 bits per heavy atom. The van der Waals surface area contributed by atoms with E-state index in [1.165, 1.54) is 4.91 Å². The van der Waals surface area contributed by atoms with Gasteiger partial charge in [0.1, 0.15) is 5.50 Å². The maximum Gasteiger partial charge on any atom is 0.248 e. The summed E-state index contributed by atoms with van der Waals surface area (Å²) in [7, 11) is 0. The van der Waals surface area contributed by atoms with Gasteiger partial charge in [-0.05, 0) is 12.5 Å². The molecule has 2 aliphatic heterocycles. The van der Waals surface area contributed by atoms with Crippen molar-refractivity contribution in [1.82, 2.24) is 10.2 Å². The molecule has 3 rings (SSSR count). The fraction of sp³-hybridized carbons (Fsp3) is 0.500. The molecule has 2 unspecified atom stereocenters. The van der Waals surface area contributed by atoms with Crippen LogP contribution in [0.3, 0.4) is 0 Å². The van der Waals surface area contributed by atoms with Crippen molar-refractivity contribution in [2.24, 2.45) is 5.73 Å². The minimum atomic E-state index is -0.318. The van der Waals surface area contributed by atoms with Crippen molar-refractivity contribution in [3.8, 4) is 0 Å². The van der Waals surface area contributed by atoms with Crippen LogP contribution in [0.15, 0.2) is 22.6 Å². The van der Waals surface area contributed by atoms with E-state index in [-0.39, 0.29) is 5.91 Å². The minimum absolute atomic E-state index is 0.318. The van der Waals surface area contributed by atoms with Crippen molar-refractivity contribution in [3.63, 3.8) is 0 Å². The number of thioether (sulfide) groups is 1. The lowest BCUT2D eigenvalue weighted by molar-refractivity contribution is -0.114. The van der Waals surface area contributed by atoms with E-state index < -0.39 is 0 Å². The summed E-state index contributed by atoms with van der Waals surface area (Å²) >= 11 is 1.81. The Morgan fingerprint density at radius 1 is 1.67 bits per heavy atom. The molecule has 0 aromatic heterocycles. The van der Waals surface area contributed by atoms with E-state index in [0.29, 0.717) is 17.1 Å². The van der Waals surface area contributed by atoms with Crippen LogP contribution in [-0.2, 0) is 4.79 Å². The van der Waals surface area contributed by atoms with Crippen LogP contribution in [0.1, 0.15) is 6.42 Å². The third-order valence-electron chi connectivity index (χ3n) is 3.11. The summed E-state index contributed by atoms with van der Waals surface area (Å²) in [6.07, 6.45) is 4.81. The Labute approximate surface area is 92.6 Å². The van der Waals surface area contributed by atoms with Crippen LogP contribution in [0.4, 0.5) is 0 Å². The average Bonchev–Trinajstić information content (AvgIpc) is 2.75. The lowest BCUT2D eigenvalue weighted by Crippen LogP contribution is -2.34. The van der Waals surface area contributed by atoms with Gasteiger partial charge in [0.05, 0.1) is 0 Å². The van der Waals surface area contributed by atoms with Crippen molar-refractivity contribution >= 4 is 17.7 Å². The fourth-order valence-electron chi connectivity index (χ4n) is 2.36. The van der Waals surface area contributed by atoms with E-state index in [2.05, 4.69) is 10.2 Å². The predicted octanol–water partition coefficient (Wildman–Crippen LogP) is -0.0101. The molecule has 0 bridgehead atoms. The Hall–Kier alpha value is -0.780. The molecule has 2 heterocycles. The number of rotatable bonds is 1. The number of primary amides is 1. The Balaban J connectivity index is 1.87. The first-order valence-corrected chi connectivity index (χ1v) is 6.01. The van der Waals surface area contributed by atoms with Gasteiger partial charge in [0.2, 0.25) is 5.91 Å². The van der Waals surface area contributed by atoms with Crippen LogP contribution in [0.5, 0.6) is 0 Å². The molecule has 0 radical (unpaired) electrons. The molecule has 3 N–H and O–H groups in total. The standard InChI is InChI=1S/C10H13N3OS/c11-9(14)6-1-2-7-8(5-6)15-10-12-3-4-13(7)10/h1,5,7,10,12H,2-4H2,(H2,11,14). The van der Waals surface area contributed by atoms with Crippen LogP contribution in [0.2, 0.25) is 0 Å². The number of hydrogen-bond acceptors (Lipinski definition) is 4. The van der Waals surface area contributed by atoms with Gasteiger partial charge in [0.25, 0.3) is 0 Å². The molecule has 1 amide bonds. The number of hydrogen-bond donors (Lipinski definition) is 2. The molecule has 15 heavy (non-hydrogen) atoms. The number of amides is 1. The zero-order valence-corrected chi connectivity index (χ0v) is 9.09. The molecule has 0 aromatic carbocycles. The molecular formula is C10H13N3OS. The monoisotopic (exact) mass is 223 g/mol. The summed E-state index contributed by atoms with van der Waals surface area (Å²) in [5, 5.41) is 3.43. The van der Waals surface area contributed by atoms with Crippen LogP contribution in [0, 0.1) is 0 Å². The number of nitrogens with zero attached hydrogens (tertiary/aromatic N) is 1. The van der Waals surface area contributed by atoms with Crippen molar-refractivity contribution < 1.29 is 4.79 Å². The second-order valence-electron chi connectivity index (χ2n) is 3.98. The molecule has 0 spiro atoms. The summed E-state index contributed by atoms with van der Waals surface area (Å²) in [4.78, 5) is 14.8. The van der Waals surface area contributed by atoms with Crippen LogP contribution >= 0.6 is 11.8 Å². The molecule has 2 atom stereocenters. The van der Waals surface area contributed by atoms with Crippen LogP contribution < -0.4 is 11.1 Å². The molecule has 0 aromatic rings. The predicted molar refractivity (Wildman–Crippen MR) is 59.9 cm³/mol. The first kappa shape index (κ1) is 9.45. The molecule has 3 aliphatic rings. The Kier molecular flexibility index (Phi) is 2.12. The number of nitrogens with one attached hydrogen (secondary N) is 1. The third kappa shape index (κ3) is 1.42. The summed E-state index contributed by atoms with van der Waals surface area (Å²) in [5.74, 6) is -0.318. The highest BCUT2D eigenvalue weighted by Crippen LogP contribution is 2.43. The smallest absolute Gasteiger partial charge is 0.248 e. The quantitative estimate of drug-likeness (QED) is 0.656. The molecule has 0 saturated carbocycles. The van der Waals surface area contributed by atoms with Gasteiger partial charge in [0.15, 0.2) is 0 Å². The van der Waals surface area contributed by atoms with E-state index >= 15 is 0 Å².